The zero-order chi connectivity index (χ0) is 15.1. The third-order valence-electron chi connectivity index (χ3n) is 3.20. The molecule has 1 aromatic rings. The van der Waals surface area contributed by atoms with E-state index in [0.29, 0.717) is 11.3 Å². The number of rotatable bonds is 4. The fraction of sp³-hybridized carbons (Fsp3) is 0.286. The van der Waals surface area contributed by atoms with Gasteiger partial charge in [0.2, 0.25) is 0 Å². The van der Waals surface area contributed by atoms with Crippen molar-refractivity contribution in [1.82, 2.24) is 0 Å². The summed E-state index contributed by atoms with van der Waals surface area (Å²) in [6.07, 6.45) is 1.21. The van der Waals surface area contributed by atoms with Crippen LogP contribution in [0.2, 0.25) is 10.0 Å². The second-order valence-corrected chi connectivity index (χ2v) is 5.49. The lowest BCUT2D eigenvalue weighted by atomic mass is 9.90. The van der Waals surface area contributed by atoms with Gasteiger partial charge in [0.15, 0.2) is 5.60 Å². The van der Waals surface area contributed by atoms with Gasteiger partial charge in [0.25, 0.3) is 5.91 Å². The highest BCUT2D eigenvalue weighted by Gasteiger charge is 2.51. The quantitative estimate of drug-likeness (QED) is 0.869. The summed E-state index contributed by atoms with van der Waals surface area (Å²) in [5.74, 6) is -0.884. The van der Waals surface area contributed by atoms with E-state index < -0.39 is 11.5 Å². The number of hydrogen-bond acceptors (Lipinski definition) is 3. The van der Waals surface area contributed by atoms with Crippen LogP contribution in [-0.2, 0) is 15.2 Å². The summed E-state index contributed by atoms with van der Waals surface area (Å²) in [4.78, 5) is 25.1. The predicted molar refractivity (Wildman–Crippen MR) is 78.2 cm³/mol. The molecule has 4 nitrogen and oxygen atoms in total. The molecule has 0 fully saturated rings. The molecular weight excluding hydrogens is 301 g/mol. The summed E-state index contributed by atoms with van der Waals surface area (Å²) in [5.41, 5.74) is -1.25. The van der Waals surface area contributed by atoms with Crippen LogP contribution in [0.15, 0.2) is 24.8 Å². The second kappa shape index (κ2) is 5.20. The van der Waals surface area contributed by atoms with Gasteiger partial charge in [-0.2, -0.15) is 0 Å². The first-order chi connectivity index (χ1) is 9.32. The van der Waals surface area contributed by atoms with Gasteiger partial charge in [-0.25, -0.2) is 0 Å². The van der Waals surface area contributed by atoms with E-state index in [1.165, 1.54) is 30.0 Å². The number of hydrogen-bond donors (Lipinski definition) is 1. The van der Waals surface area contributed by atoms with Crippen molar-refractivity contribution in [2.24, 2.45) is 0 Å². The molecule has 0 aliphatic carbocycles. The summed E-state index contributed by atoms with van der Waals surface area (Å²) >= 11 is 12.1. The number of benzene rings is 1. The van der Waals surface area contributed by atoms with Crippen LogP contribution in [0.3, 0.4) is 0 Å². The molecule has 2 rings (SSSR count). The molecule has 0 saturated carbocycles. The first kappa shape index (κ1) is 15.0. The van der Waals surface area contributed by atoms with E-state index >= 15 is 0 Å². The van der Waals surface area contributed by atoms with Gasteiger partial charge >= 0.3 is 0 Å². The molecule has 1 heterocycles. The maximum absolute atomic E-state index is 12.4. The average Bonchev–Trinajstić information content (AvgIpc) is 2.56. The summed E-state index contributed by atoms with van der Waals surface area (Å²) in [6.45, 7) is 5.06. The van der Waals surface area contributed by atoms with Gasteiger partial charge in [0.05, 0.1) is 15.7 Å². The minimum atomic E-state index is -1.89. The van der Waals surface area contributed by atoms with E-state index in [9.17, 15) is 14.7 Å². The molecule has 0 spiro atoms. The highest BCUT2D eigenvalue weighted by Crippen LogP contribution is 2.48. The summed E-state index contributed by atoms with van der Waals surface area (Å²) in [7, 11) is 0. The molecule has 0 bridgehead atoms. The zero-order valence-electron chi connectivity index (χ0n) is 10.8. The third kappa shape index (κ3) is 2.14. The van der Waals surface area contributed by atoms with Gasteiger partial charge in [0.1, 0.15) is 5.78 Å². The standard InChI is InChI=1S/C14H13Cl2NO3/c1-3-6-17-12-9(4-5-10(15)11(12)16)14(20,13(17)19)7-8(2)18/h3-5,20H,1,6-7H2,2H3. The highest BCUT2D eigenvalue weighted by molar-refractivity contribution is 6.44. The van der Waals surface area contributed by atoms with E-state index in [4.69, 9.17) is 23.2 Å². The fourth-order valence-electron chi connectivity index (χ4n) is 2.41. The van der Waals surface area contributed by atoms with Crippen LogP contribution in [0.1, 0.15) is 18.9 Å². The Morgan fingerprint density at radius 3 is 2.70 bits per heavy atom. The van der Waals surface area contributed by atoms with Crippen LogP contribution in [0.5, 0.6) is 0 Å². The molecule has 0 saturated heterocycles. The van der Waals surface area contributed by atoms with Gasteiger partial charge in [-0.1, -0.05) is 35.3 Å². The molecule has 20 heavy (non-hydrogen) atoms. The van der Waals surface area contributed by atoms with Crippen molar-refractivity contribution in [1.29, 1.82) is 0 Å². The molecule has 106 valence electrons. The van der Waals surface area contributed by atoms with Crippen LogP contribution in [0, 0.1) is 0 Å². The molecule has 1 atom stereocenters. The Bertz CT molecular complexity index is 615. The number of ketones is 1. The molecule has 1 amide bonds. The van der Waals surface area contributed by atoms with Crippen molar-refractivity contribution in [3.8, 4) is 0 Å². The highest BCUT2D eigenvalue weighted by atomic mass is 35.5. The number of carbonyl (C=O) groups excluding carboxylic acids is 2. The number of amides is 1. The SMILES string of the molecule is C=CCN1C(=O)C(O)(CC(C)=O)c2ccc(Cl)c(Cl)c21. The number of carbonyl (C=O) groups is 2. The zero-order valence-corrected chi connectivity index (χ0v) is 12.3. The Morgan fingerprint density at radius 2 is 2.15 bits per heavy atom. The van der Waals surface area contributed by atoms with Crippen LogP contribution >= 0.6 is 23.2 Å². The molecule has 1 aromatic carbocycles. The number of aliphatic hydroxyl groups is 1. The van der Waals surface area contributed by atoms with E-state index in [-0.39, 0.29) is 28.8 Å². The molecule has 1 aliphatic rings. The molecule has 1 unspecified atom stereocenters. The lowest BCUT2D eigenvalue weighted by Gasteiger charge is -2.21. The van der Waals surface area contributed by atoms with Crippen LogP contribution < -0.4 is 4.90 Å². The van der Waals surface area contributed by atoms with Crippen LogP contribution in [-0.4, -0.2) is 23.3 Å². The number of nitrogens with zero attached hydrogens (tertiary/aromatic N) is 1. The fourth-order valence-corrected chi connectivity index (χ4v) is 2.83. The first-order valence-electron chi connectivity index (χ1n) is 5.96. The average molecular weight is 314 g/mol. The molecule has 1 aliphatic heterocycles. The Balaban J connectivity index is 2.68. The van der Waals surface area contributed by atoms with Crippen molar-refractivity contribution < 1.29 is 14.7 Å². The summed E-state index contributed by atoms with van der Waals surface area (Å²) in [6, 6.07) is 3.02. The normalized spacial score (nSPS) is 21.0. The van der Waals surface area contributed by atoms with E-state index in [2.05, 4.69) is 6.58 Å². The Morgan fingerprint density at radius 1 is 1.50 bits per heavy atom. The molecule has 0 aromatic heterocycles. The largest absolute Gasteiger partial charge is 0.375 e. The second-order valence-electron chi connectivity index (χ2n) is 4.70. The van der Waals surface area contributed by atoms with Gasteiger partial charge < -0.3 is 10.0 Å². The summed E-state index contributed by atoms with van der Waals surface area (Å²) < 4.78 is 0. The minimum Gasteiger partial charge on any atom is -0.375 e. The Labute approximate surface area is 126 Å². The van der Waals surface area contributed by atoms with Crippen molar-refractivity contribution >= 4 is 40.6 Å². The topological polar surface area (TPSA) is 57.6 Å². The van der Waals surface area contributed by atoms with E-state index in [1.807, 2.05) is 0 Å². The van der Waals surface area contributed by atoms with Crippen molar-refractivity contribution in [3.05, 3.63) is 40.4 Å². The van der Waals surface area contributed by atoms with Crippen LogP contribution in [0.4, 0.5) is 5.69 Å². The lowest BCUT2D eigenvalue weighted by molar-refractivity contribution is -0.141. The molecular formula is C14H13Cl2NO3. The Hall–Kier alpha value is -1.36. The van der Waals surface area contributed by atoms with Crippen molar-refractivity contribution in [3.63, 3.8) is 0 Å². The number of Topliss-reactive ketones (excluding diaryl/α,β-unsaturated/α-hetero) is 1. The maximum atomic E-state index is 12.4. The van der Waals surface area contributed by atoms with Gasteiger partial charge in [-0.3, -0.25) is 9.59 Å². The monoisotopic (exact) mass is 313 g/mol. The van der Waals surface area contributed by atoms with Gasteiger partial charge in [-0.15, -0.1) is 6.58 Å². The van der Waals surface area contributed by atoms with E-state index in [0.717, 1.165) is 0 Å². The lowest BCUT2D eigenvalue weighted by Crippen LogP contribution is -2.41. The van der Waals surface area contributed by atoms with Crippen molar-refractivity contribution in [2.45, 2.75) is 18.9 Å². The van der Waals surface area contributed by atoms with Gasteiger partial charge in [0, 0.05) is 18.5 Å². The van der Waals surface area contributed by atoms with Gasteiger partial charge in [-0.05, 0) is 13.0 Å². The van der Waals surface area contributed by atoms with Crippen LogP contribution in [0.25, 0.3) is 0 Å². The van der Waals surface area contributed by atoms with E-state index in [1.54, 1.807) is 0 Å². The van der Waals surface area contributed by atoms with Crippen molar-refractivity contribution in [2.75, 3.05) is 11.4 Å². The minimum absolute atomic E-state index is 0.173. The predicted octanol–water partition coefficient (Wildman–Crippen LogP) is 2.69. The molecule has 0 radical (unpaired) electrons. The summed E-state index contributed by atoms with van der Waals surface area (Å²) in [5, 5.41) is 11.1. The number of anilines is 1. The smallest absolute Gasteiger partial charge is 0.264 e. The molecule has 1 N–H and O–H groups in total. The Kier molecular flexibility index (Phi) is 3.91. The molecule has 6 heteroatoms. The number of fused-ring (bicyclic) bond motifs is 1. The first-order valence-corrected chi connectivity index (χ1v) is 6.71. The maximum Gasteiger partial charge on any atom is 0.264 e. The third-order valence-corrected chi connectivity index (χ3v) is 3.99. The number of halogens is 2.